The molecule has 3 saturated heterocycles. The zero-order valence-corrected chi connectivity index (χ0v) is 63.3. The third kappa shape index (κ3) is 13.9. The minimum absolute atomic E-state index is 0.0151. The van der Waals surface area contributed by atoms with Crippen LogP contribution in [0.5, 0.6) is 17.2 Å². The molecule has 578 valence electrons. The molecule has 0 spiro atoms. The molecule has 0 unspecified atom stereocenters. The van der Waals surface area contributed by atoms with Crippen molar-refractivity contribution in [1.29, 1.82) is 0 Å². The maximum absolute atomic E-state index is 14.4. The molecule has 0 aliphatic carbocycles. The van der Waals surface area contributed by atoms with Crippen LogP contribution in [0.2, 0.25) is 0 Å². The molecule has 9 aliphatic heterocycles. The van der Waals surface area contributed by atoms with E-state index in [4.69, 9.17) is 23.7 Å². The van der Waals surface area contributed by atoms with Gasteiger partial charge in [0, 0.05) is 88.4 Å². The number of rotatable bonds is 10. The van der Waals surface area contributed by atoms with Gasteiger partial charge in [-0.25, -0.2) is 22.8 Å². The number of carbonyl (C=O) groups excluding carboxylic acids is 5. The summed E-state index contributed by atoms with van der Waals surface area (Å²) in [5.74, 6) is -1.03. The zero-order chi connectivity index (χ0) is 77.6. The first-order valence-corrected chi connectivity index (χ1v) is 40.0. The predicted molar refractivity (Wildman–Crippen MR) is 410 cm³/mol. The number of piperidine rings is 3. The molecule has 6 aromatic carbocycles. The number of hydrogen-bond donors (Lipinski definition) is 1. The second kappa shape index (κ2) is 31.9. The maximum Gasteiger partial charge on any atom is 0.511 e. The molecule has 0 saturated carbocycles. The number of ether oxygens (including phenoxy) is 6. The van der Waals surface area contributed by atoms with Gasteiger partial charge in [-0.2, -0.15) is 0 Å². The molecule has 6 atom stereocenters. The largest absolute Gasteiger partial charge is 0.511 e. The van der Waals surface area contributed by atoms with Crippen molar-refractivity contribution >= 4 is 65.3 Å². The fraction of sp³-hybridized carbons (Fsp3) is 0.317. The zero-order valence-electron chi connectivity index (χ0n) is 60.8. The molecule has 112 heavy (non-hydrogen) atoms. The molecule has 24 nitrogen and oxygen atoms in total. The van der Waals surface area contributed by atoms with Crippen LogP contribution in [0.15, 0.2) is 193 Å². The quantitative estimate of drug-likeness (QED) is 0.0987. The fourth-order valence-corrected chi connectivity index (χ4v) is 20.0. The summed E-state index contributed by atoms with van der Waals surface area (Å²) >= 11 is 4.95. The molecular weight excluding hydrogens is 1500 g/mol. The Labute approximate surface area is 653 Å². The fourth-order valence-electron chi connectivity index (χ4n) is 16.7. The van der Waals surface area contributed by atoms with E-state index in [-0.39, 0.29) is 107 Å². The number of thioether (sulfide) groups is 3. The second-order valence-corrected chi connectivity index (χ2v) is 30.9. The Balaban J connectivity index is 0.000000128. The van der Waals surface area contributed by atoms with Gasteiger partial charge in [0.1, 0.15) is 35.9 Å². The highest BCUT2D eigenvalue weighted by Gasteiger charge is 2.50. The number of aromatic nitrogens is 3. The standard InChI is InChI=1S/C29H28FN3O6S.C28H26FN3O6S.C25H22FN3O3S/c1-2-37-29(36)39-17-38-27-22(34)12-14-32-26(27)28(35)31-13-6-5-9-24(31)33(32)25-20-11-10-19(30)15-18(20)16-40-23-8-4-3-7-21(23)25;1-36-28(35)38-16-37-26-21(33)11-13-31-25(26)27(34)30-12-5-4-8-23(30)32(31)24-19-10-9-18(29)14-17(19)15-39-22-7-3-2-6-20(22)24;26-16-8-9-17-15(13-16)14-33-20-6-2-1-5-18(20)22(17)29-21-7-3-4-11-27(21)25(32)23-24(31)19(30)10-12-28(23)29/h3-4,7-8,10-12,14-15,24-25H,2,5-6,9,13,16-17H2,1H3;2-3,6-7,9-11,13-14,23-24H,4-5,8,12,15-16H2,1H3;1-2,5-6,8-10,12-13,21-22,31H,3-4,7,11,14H2/t24-,25+;23-,24+;21-,22+/m111/s1. The van der Waals surface area contributed by atoms with Crippen molar-refractivity contribution in [3.05, 3.63) is 279 Å². The molecule has 12 heterocycles. The van der Waals surface area contributed by atoms with Crippen molar-refractivity contribution < 1.29 is 70.7 Å². The van der Waals surface area contributed by atoms with Crippen LogP contribution in [-0.4, -0.2) is 129 Å². The summed E-state index contributed by atoms with van der Waals surface area (Å²) in [6.45, 7) is 2.16. The Kier molecular flexibility index (Phi) is 21.3. The summed E-state index contributed by atoms with van der Waals surface area (Å²) in [4.78, 5) is 111. The summed E-state index contributed by atoms with van der Waals surface area (Å²) in [7, 11) is 1.16. The lowest BCUT2D eigenvalue weighted by Gasteiger charge is -2.52. The van der Waals surface area contributed by atoms with Gasteiger partial charge < -0.3 is 48.2 Å². The predicted octanol–water partition coefficient (Wildman–Crippen LogP) is 13.2. The van der Waals surface area contributed by atoms with Crippen LogP contribution < -0.4 is 40.8 Å². The van der Waals surface area contributed by atoms with Crippen LogP contribution in [0.25, 0.3) is 0 Å². The van der Waals surface area contributed by atoms with Crippen molar-refractivity contribution in [1.82, 2.24) is 28.7 Å². The van der Waals surface area contributed by atoms with Crippen molar-refractivity contribution in [2.45, 2.75) is 133 Å². The van der Waals surface area contributed by atoms with Crippen LogP contribution in [0.4, 0.5) is 22.8 Å². The van der Waals surface area contributed by atoms with Gasteiger partial charge >= 0.3 is 12.3 Å². The van der Waals surface area contributed by atoms with E-state index in [1.54, 1.807) is 108 Å². The summed E-state index contributed by atoms with van der Waals surface area (Å²) in [6.07, 6.45) is 9.53. The van der Waals surface area contributed by atoms with E-state index in [0.717, 1.165) is 130 Å². The van der Waals surface area contributed by atoms with Gasteiger partial charge in [-0.3, -0.25) is 57.8 Å². The number of aromatic hydroxyl groups is 1. The first-order valence-electron chi connectivity index (χ1n) is 37.0. The number of fused-ring (bicyclic) bond motifs is 12. The molecule has 3 amide bonds. The van der Waals surface area contributed by atoms with E-state index in [0.29, 0.717) is 36.9 Å². The first-order chi connectivity index (χ1) is 54.5. The van der Waals surface area contributed by atoms with E-state index in [1.165, 1.54) is 36.4 Å². The number of halogens is 3. The summed E-state index contributed by atoms with van der Waals surface area (Å²) in [5.41, 5.74) is 7.02. The van der Waals surface area contributed by atoms with Crippen LogP contribution in [0.1, 0.15) is 164 Å². The van der Waals surface area contributed by atoms with E-state index >= 15 is 0 Å². The van der Waals surface area contributed by atoms with Crippen LogP contribution in [0, 0.1) is 17.5 Å². The summed E-state index contributed by atoms with van der Waals surface area (Å²) in [5, 5.41) is 16.9. The van der Waals surface area contributed by atoms with E-state index in [2.05, 4.69) is 50.1 Å². The molecule has 3 aromatic heterocycles. The molecule has 1 N–H and O–H groups in total. The minimum Gasteiger partial charge on any atom is -0.502 e. The molecule has 9 aliphatic rings. The van der Waals surface area contributed by atoms with Gasteiger partial charge in [0.2, 0.25) is 41.4 Å². The number of pyridine rings is 3. The normalized spacial score (nSPS) is 20.2. The summed E-state index contributed by atoms with van der Waals surface area (Å²) in [6, 6.07) is 41.7. The van der Waals surface area contributed by atoms with Crippen molar-refractivity contribution in [3.63, 3.8) is 0 Å². The molecule has 0 bridgehead atoms. The first kappa shape index (κ1) is 74.8. The average Bonchev–Trinajstić information content (AvgIpc) is 1.06. The van der Waals surface area contributed by atoms with E-state index in [1.807, 2.05) is 60.7 Å². The smallest absolute Gasteiger partial charge is 0.502 e. The number of amides is 3. The lowest BCUT2D eigenvalue weighted by molar-refractivity contribution is 0.00477. The van der Waals surface area contributed by atoms with E-state index < -0.39 is 47.9 Å². The third-order valence-corrected chi connectivity index (χ3v) is 25.0. The van der Waals surface area contributed by atoms with Crippen molar-refractivity contribution in [3.8, 4) is 17.2 Å². The lowest BCUT2D eigenvalue weighted by Crippen LogP contribution is -2.63. The molecule has 30 heteroatoms. The number of benzene rings is 6. The molecule has 0 radical (unpaired) electrons. The Bertz CT molecular complexity index is 5420. The van der Waals surface area contributed by atoms with Crippen molar-refractivity contribution in [2.75, 3.05) is 62.0 Å². The lowest BCUT2D eigenvalue weighted by atomic mass is 9.92. The van der Waals surface area contributed by atoms with Gasteiger partial charge in [0.05, 0.1) is 31.8 Å². The highest BCUT2D eigenvalue weighted by Crippen LogP contribution is 2.50. The summed E-state index contributed by atoms with van der Waals surface area (Å²) < 4.78 is 78.3. The van der Waals surface area contributed by atoms with Gasteiger partial charge in [-0.05, 0) is 169 Å². The van der Waals surface area contributed by atoms with Crippen LogP contribution >= 0.6 is 35.3 Å². The van der Waals surface area contributed by atoms with E-state index in [9.17, 15) is 56.6 Å². The Morgan fingerprint density at radius 1 is 0.429 bits per heavy atom. The molecule has 18 rings (SSSR count). The van der Waals surface area contributed by atoms with Gasteiger partial charge in [0.25, 0.3) is 17.7 Å². The molecule has 9 aromatic rings. The highest BCUT2D eigenvalue weighted by molar-refractivity contribution is 7.99. The van der Waals surface area contributed by atoms with Gasteiger partial charge in [-0.15, -0.1) is 35.3 Å². The third-order valence-electron chi connectivity index (χ3n) is 21.6. The minimum atomic E-state index is -0.972. The number of hydrogen-bond acceptors (Lipinski definition) is 21. The number of carbonyl (C=O) groups is 5. The van der Waals surface area contributed by atoms with Gasteiger partial charge in [0.15, 0.2) is 22.8 Å². The number of nitrogens with zero attached hydrogens (tertiary/aromatic N) is 9. The van der Waals surface area contributed by atoms with Crippen LogP contribution in [-0.2, 0) is 36.2 Å². The Morgan fingerprint density at radius 2 is 0.777 bits per heavy atom. The topological polar surface area (TPSA) is 246 Å². The van der Waals surface area contributed by atoms with Crippen LogP contribution in [0.3, 0.4) is 0 Å². The molecule has 3 fully saturated rings. The van der Waals surface area contributed by atoms with Gasteiger partial charge in [-0.1, -0.05) is 72.8 Å². The highest BCUT2D eigenvalue weighted by atomic mass is 32.2. The average molecular weight is 1580 g/mol. The monoisotopic (exact) mass is 1580 g/mol. The Hall–Kier alpha value is -11.2. The second-order valence-electron chi connectivity index (χ2n) is 27.9. The number of methoxy groups -OCH3 is 1. The SMILES string of the molecule is CCOC(=O)OCOc1c2n(ccc1=O)N([C@H]1c3ccc(F)cc3CSc3ccccc31)[C@@H]1CCCCN1C2=O.COC(=O)OCOc1c2n(ccc1=O)N([C@H]1c3ccc(F)cc3CSc3ccccc31)[C@@H]1CCCCN1C2=O.O=C1c2c(O)c(=O)ccn2N([C@H]2c3ccc(F)cc3CSc3ccccc32)[C@@H]2CCCCN12. The molecular formula is C82H76F3N9O15S3. The maximum atomic E-state index is 14.4. The van der Waals surface area contributed by atoms with Crippen molar-refractivity contribution in [2.24, 2.45) is 0 Å². The Morgan fingerprint density at radius 3 is 1.15 bits per heavy atom.